The van der Waals surface area contributed by atoms with Crippen molar-refractivity contribution in [1.82, 2.24) is 0 Å². The lowest BCUT2D eigenvalue weighted by molar-refractivity contribution is 0.441. The minimum absolute atomic E-state index is 0.109. The van der Waals surface area contributed by atoms with Gasteiger partial charge in [0.1, 0.15) is 10.7 Å². The van der Waals surface area contributed by atoms with Gasteiger partial charge in [-0.1, -0.05) is 36.0 Å². The highest BCUT2D eigenvalue weighted by Gasteiger charge is 2.10. The predicted molar refractivity (Wildman–Crippen MR) is 73.8 cm³/mol. The highest BCUT2D eigenvalue weighted by atomic mass is 35.5. The van der Waals surface area contributed by atoms with Gasteiger partial charge in [0.15, 0.2) is 11.6 Å². The Labute approximate surface area is 114 Å². The molecule has 18 heavy (non-hydrogen) atoms. The van der Waals surface area contributed by atoms with Crippen molar-refractivity contribution < 1.29 is 9.13 Å². The van der Waals surface area contributed by atoms with Gasteiger partial charge in [0.25, 0.3) is 0 Å². The fraction of sp³-hybridized carbons (Fsp3) is 0. The lowest BCUT2D eigenvalue weighted by atomic mass is 10.2. The van der Waals surface area contributed by atoms with Crippen molar-refractivity contribution in [2.24, 2.45) is 5.73 Å². The number of hydrogen-bond donors (Lipinski definition) is 1. The average Bonchev–Trinajstić information content (AvgIpc) is 2.34. The number of thiocarbonyl (C=S) groups is 1. The molecule has 0 unspecified atom stereocenters. The molecule has 0 spiro atoms. The molecule has 92 valence electrons. The van der Waals surface area contributed by atoms with Crippen LogP contribution in [0.4, 0.5) is 4.39 Å². The van der Waals surface area contributed by atoms with E-state index in [0.29, 0.717) is 16.3 Å². The lowest BCUT2D eigenvalue weighted by Crippen LogP contribution is -2.10. The number of rotatable bonds is 3. The van der Waals surface area contributed by atoms with E-state index in [0.717, 1.165) is 0 Å². The van der Waals surface area contributed by atoms with E-state index in [4.69, 9.17) is 34.3 Å². The monoisotopic (exact) mass is 281 g/mol. The standard InChI is InChI=1S/C13H9ClFNOS/c14-8-5-6-11(9(7-8)13(16)18)17-12-4-2-1-3-10(12)15/h1-7H,(H2,16,18). The van der Waals surface area contributed by atoms with Crippen LogP contribution in [-0.2, 0) is 0 Å². The van der Waals surface area contributed by atoms with Crippen molar-refractivity contribution in [3.63, 3.8) is 0 Å². The Morgan fingerprint density at radius 2 is 1.89 bits per heavy atom. The van der Waals surface area contributed by atoms with Gasteiger partial charge in [-0.05, 0) is 30.3 Å². The summed E-state index contributed by atoms with van der Waals surface area (Å²) in [7, 11) is 0. The number of halogens is 2. The summed E-state index contributed by atoms with van der Waals surface area (Å²) in [5, 5.41) is 0.485. The van der Waals surface area contributed by atoms with Crippen LogP contribution in [0.3, 0.4) is 0 Å². The fourth-order valence-electron chi connectivity index (χ4n) is 1.43. The zero-order valence-corrected chi connectivity index (χ0v) is 10.8. The third kappa shape index (κ3) is 2.78. The van der Waals surface area contributed by atoms with Crippen molar-refractivity contribution in [2.45, 2.75) is 0 Å². The quantitative estimate of drug-likeness (QED) is 0.867. The highest BCUT2D eigenvalue weighted by molar-refractivity contribution is 7.80. The molecule has 0 aliphatic heterocycles. The maximum Gasteiger partial charge on any atom is 0.165 e. The van der Waals surface area contributed by atoms with Gasteiger partial charge in [0.2, 0.25) is 0 Å². The van der Waals surface area contributed by atoms with Crippen LogP contribution in [0.25, 0.3) is 0 Å². The molecule has 2 aromatic carbocycles. The molecule has 0 fully saturated rings. The lowest BCUT2D eigenvalue weighted by Gasteiger charge is -2.11. The Morgan fingerprint density at radius 3 is 2.56 bits per heavy atom. The molecule has 2 nitrogen and oxygen atoms in total. The first kappa shape index (κ1) is 12.8. The molecule has 0 aliphatic carbocycles. The van der Waals surface area contributed by atoms with Crippen LogP contribution >= 0.6 is 23.8 Å². The molecule has 0 heterocycles. The maximum atomic E-state index is 13.5. The molecule has 0 amide bonds. The summed E-state index contributed by atoms with van der Waals surface area (Å²) in [6, 6.07) is 10.9. The molecule has 0 saturated carbocycles. The summed E-state index contributed by atoms with van der Waals surface area (Å²) < 4.78 is 18.9. The van der Waals surface area contributed by atoms with Crippen LogP contribution in [0.5, 0.6) is 11.5 Å². The van der Waals surface area contributed by atoms with Crippen LogP contribution in [0.2, 0.25) is 5.02 Å². The number of hydrogen-bond acceptors (Lipinski definition) is 2. The SMILES string of the molecule is NC(=S)c1cc(Cl)ccc1Oc1ccccc1F. The average molecular weight is 282 g/mol. The van der Waals surface area contributed by atoms with E-state index in [9.17, 15) is 4.39 Å². The maximum absolute atomic E-state index is 13.5. The molecule has 0 saturated heterocycles. The van der Waals surface area contributed by atoms with Gasteiger partial charge in [-0.3, -0.25) is 0 Å². The second-order valence-corrected chi connectivity index (χ2v) is 4.41. The molecular formula is C13H9ClFNOS. The van der Waals surface area contributed by atoms with E-state index in [1.165, 1.54) is 12.1 Å². The van der Waals surface area contributed by atoms with E-state index in [1.807, 2.05) is 0 Å². The second kappa shape index (κ2) is 5.33. The van der Waals surface area contributed by atoms with Crippen LogP contribution < -0.4 is 10.5 Å². The summed E-state index contributed by atoms with van der Waals surface area (Å²) in [6.07, 6.45) is 0. The normalized spacial score (nSPS) is 10.1. The van der Waals surface area contributed by atoms with Crippen LogP contribution in [0.15, 0.2) is 42.5 Å². The molecule has 0 aromatic heterocycles. The van der Waals surface area contributed by atoms with Gasteiger partial charge < -0.3 is 10.5 Å². The summed E-state index contributed by atoms with van der Waals surface area (Å²) >= 11 is 10.8. The minimum atomic E-state index is -0.457. The van der Waals surface area contributed by atoms with Gasteiger partial charge >= 0.3 is 0 Å². The largest absolute Gasteiger partial charge is 0.454 e. The number of para-hydroxylation sites is 1. The number of ether oxygens (including phenoxy) is 1. The van der Waals surface area contributed by atoms with Crippen LogP contribution in [0.1, 0.15) is 5.56 Å². The number of benzene rings is 2. The Bertz CT molecular complexity index is 603. The molecule has 0 radical (unpaired) electrons. The highest BCUT2D eigenvalue weighted by Crippen LogP contribution is 2.29. The zero-order chi connectivity index (χ0) is 13.1. The summed E-state index contributed by atoms with van der Waals surface area (Å²) in [5.74, 6) is 0.0238. The first-order chi connectivity index (χ1) is 8.58. The van der Waals surface area contributed by atoms with Gasteiger partial charge in [0, 0.05) is 5.02 Å². The van der Waals surface area contributed by atoms with Crippen LogP contribution in [0, 0.1) is 5.82 Å². The first-order valence-corrected chi connectivity index (χ1v) is 5.88. The second-order valence-electron chi connectivity index (χ2n) is 3.54. The van der Waals surface area contributed by atoms with Gasteiger partial charge in [-0.25, -0.2) is 4.39 Å². The molecule has 2 rings (SSSR count). The predicted octanol–water partition coefficient (Wildman–Crippen LogP) is 3.91. The van der Waals surface area contributed by atoms with Crippen molar-refractivity contribution in [1.29, 1.82) is 0 Å². The summed E-state index contributed by atoms with van der Waals surface area (Å²) in [4.78, 5) is 0.142. The van der Waals surface area contributed by atoms with Crippen molar-refractivity contribution >= 4 is 28.8 Å². The smallest absolute Gasteiger partial charge is 0.165 e. The number of nitrogens with two attached hydrogens (primary N) is 1. The first-order valence-electron chi connectivity index (χ1n) is 5.09. The Hall–Kier alpha value is -1.65. The van der Waals surface area contributed by atoms with E-state index in [-0.39, 0.29) is 10.7 Å². The molecule has 0 atom stereocenters. The van der Waals surface area contributed by atoms with Crippen molar-refractivity contribution in [2.75, 3.05) is 0 Å². The third-order valence-electron chi connectivity index (χ3n) is 2.26. The van der Waals surface area contributed by atoms with Crippen LogP contribution in [-0.4, -0.2) is 4.99 Å². The topological polar surface area (TPSA) is 35.2 Å². The Balaban J connectivity index is 2.41. The Morgan fingerprint density at radius 1 is 1.17 bits per heavy atom. The molecule has 2 aromatic rings. The molecule has 5 heteroatoms. The molecule has 0 aliphatic rings. The summed E-state index contributed by atoms with van der Waals surface area (Å²) in [5.41, 5.74) is 6.05. The summed E-state index contributed by atoms with van der Waals surface area (Å²) in [6.45, 7) is 0. The molecular weight excluding hydrogens is 273 g/mol. The Kier molecular flexibility index (Phi) is 3.79. The third-order valence-corrected chi connectivity index (χ3v) is 2.72. The molecule has 2 N–H and O–H groups in total. The van der Waals surface area contributed by atoms with Crippen molar-refractivity contribution in [3.8, 4) is 11.5 Å². The minimum Gasteiger partial charge on any atom is -0.454 e. The van der Waals surface area contributed by atoms with Gasteiger partial charge in [-0.2, -0.15) is 0 Å². The fourth-order valence-corrected chi connectivity index (χ4v) is 1.76. The molecule has 0 bridgehead atoms. The van der Waals surface area contributed by atoms with E-state index in [1.54, 1.807) is 30.3 Å². The van der Waals surface area contributed by atoms with E-state index in [2.05, 4.69) is 0 Å². The zero-order valence-electron chi connectivity index (χ0n) is 9.19. The van der Waals surface area contributed by atoms with Crippen molar-refractivity contribution in [3.05, 3.63) is 58.9 Å². The van der Waals surface area contributed by atoms with E-state index >= 15 is 0 Å². The van der Waals surface area contributed by atoms with Gasteiger partial charge in [0.05, 0.1) is 5.56 Å². The van der Waals surface area contributed by atoms with E-state index < -0.39 is 5.82 Å². The van der Waals surface area contributed by atoms with Gasteiger partial charge in [-0.15, -0.1) is 0 Å².